The summed E-state index contributed by atoms with van der Waals surface area (Å²) in [6.45, 7) is 2.80. The fourth-order valence-corrected chi connectivity index (χ4v) is 2.33. The van der Waals surface area contributed by atoms with Gasteiger partial charge in [0.1, 0.15) is 11.6 Å². The standard InChI is InChI=1S/C13H15FN4/c14-11-5-10(8-15)6-12(7-11)18-4-3-17-2-1-16-13(17)9-18/h1-2,5-7H,3-4,8-9,15H2. The molecule has 0 saturated heterocycles. The van der Waals surface area contributed by atoms with Crippen LogP contribution in [0.1, 0.15) is 11.4 Å². The predicted octanol–water partition coefficient (Wildman–Crippen LogP) is 1.50. The van der Waals surface area contributed by atoms with Crippen LogP contribution in [-0.2, 0) is 19.6 Å². The first-order chi connectivity index (χ1) is 8.76. The van der Waals surface area contributed by atoms with Gasteiger partial charge < -0.3 is 15.2 Å². The molecular weight excluding hydrogens is 231 g/mol. The molecule has 94 valence electrons. The number of anilines is 1. The fraction of sp³-hybridized carbons (Fsp3) is 0.308. The summed E-state index contributed by atoms with van der Waals surface area (Å²) in [5.74, 6) is 0.779. The van der Waals surface area contributed by atoms with E-state index in [4.69, 9.17) is 5.73 Å². The summed E-state index contributed by atoms with van der Waals surface area (Å²) in [5, 5.41) is 0. The topological polar surface area (TPSA) is 47.1 Å². The molecule has 2 heterocycles. The molecule has 0 radical (unpaired) electrons. The summed E-state index contributed by atoms with van der Waals surface area (Å²) < 4.78 is 15.6. The van der Waals surface area contributed by atoms with E-state index in [0.717, 1.165) is 30.2 Å². The SMILES string of the molecule is NCc1cc(F)cc(N2CCn3ccnc3C2)c1. The Hall–Kier alpha value is -1.88. The highest BCUT2D eigenvalue weighted by molar-refractivity contribution is 5.49. The predicted molar refractivity (Wildman–Crippen MR) is 67.6 cm³/mol. The molecule has 2 N–H and O–H groups in total. The van der Waals surface area contributed by atoms with Crippen LogP contribution in [-0.4, -0.2) is 16.1 Å². The number of aromatic nitrogens is 2. The van der Waals surface area contributed by atoms with Crippen LogP contribution in [0.15, 0.2) is 30.6 Å². The Kier molecular flexibility index (Phi) is 2.76. The van der Waals surface area contributed by atoms with Crippen molar-refractivity contribution in [3.63, 3.8) is 0 Å². The van der Waals surface area contributed by atoms with E-state index in [0.29, 0.717) is 13.1 Å². The maximum absolute atomic E-state index is 13.5. The number of halogens is 1. The maximum Gasteiger partial charge on any atom is 0.128 e. The highest BCUT2D eigenvalue weighted by Crippen LogP contribution is 2.22. The second-order valence-electron chi connectivity index (χ2n) is 4.48. The van der Waals surface area contributed by atoms with E-state index in [2.05, 4.69) is 14.5 Å². The third kappa shape index (κ3) is 1.97. The Morgan fingerprint density at radius 1 is 1.28 bits per heavy atom. The minimum absolute atomic E-state index is 0.234. The Morgan fingerprint density at radius 3 is 3.00 bits per heavy atom. The van der Waals surface area contributed by atoms with Crippen molar-refractivity contribution in [3.05, 3.63) is 47.8 Å². The molecule has 2 aromatic rings. The van der Waals surface area contributed by atoms with Gasteiger partial charge in [-0.3, -0.25) is 0 Å². The van der Waals surface area contributed by atoms with E-state index in [1.807, 2.05) is 12.3 Å². The van der Waals surface area contributed by atoms with Gasteiger partial charge in [-0.25, -0.2) is 9.37 Å². The lowest BCUT2D eigenvalue weighted by molar-refractivity contribution is 0.557. The van der Waals surface area contributed by atoms with Crippen LogP contribution in [0.4, 0.5) is 10.1 Å². The van der Waals surface area contributed by atoms with Gasteiger partial charge in [0.15, 0.2) is 0 Å². The molecule has 1 aliphatic heterocycles. The van der Waals surface area contributed by atoms with Gasteiger partial charge in [-0.05, 0) is 23.8 Å². The molecule has 0 spiro atoms. The van der Waals surface area contributed by atoms with Crippen molar-refractivity contribution >= 4 is 5.69 Å². The molecule has 0 unspecified atom stereocenters. The molecular formula is C13H15FN4. The van der Waals surface area contributed by atoms with E-state index in [1.54, 1.807) is 12.3 Å². The molecule has 0 atom stereocenters. The van der Waals surface area contributed by atoms with Gasteiger partial charge in [0, 0.05) is 37.7 Å². The van der Waals surface area contributed by atoms with Crippen molar-refractivity contribution < 1.29 is 4.39 Å². The first kappa shape index (κ1) is 11.2. The number of hydrogen-bond donors (Lipinski definition) is 1. The van der Waals surface area contributed by atoms with E-state index in [-0.39, 0.29) is 5.82 Å². The monoisotopic (exact) mass is 246 g/mol. The quantitative estimate of drug-likeness (QED) is 0.873. The van der Waals surface area contributed by atoms with Crippen molar-refractivity contribution in [3.8, 4) is 0 Å². The smallest absolute Gasteiger partial charge is 0.128 e. The van der Waals surface area contributed by atoms with Crippen molar-refractivity contribution in [1.29, 1.82) is 0 Å². The maximum atomic E-state index is 13.5. The van der Waals surface area contributed by atoms with Crippen LogP contribution in [0.2, 0.25) is 0 Å². The Labute approximate surface area is 105 Å². The number of nitrogens with zero attached hydrogens (tertiary/aromatic N) is 3. The third-order valence-electron chi connectivity index (χ3n) is 3.29. The molecule has 5 heteroatoms. The molecule has 1 aliphatic rings. The van der Waals surface area contributed by atoms with E-state index in [9.17, 15) is 4.39 Å². The zero-order valence-corrected chi connectivity index (χ0v) is 10.0. The van der Waals surface area contributed by atoms with Crippen molar-refractivity contribution in [2.45, 2.75) is 19.6 Å². The van der Waals surface area contributed by atoms with Gasteiger partial charge in [0.2, 0.25) is 0 Å². The average Bonchev–Trinajstić information content (AvgIpc) is 2.85. The summed E-state index contributed by atoms with van der Waals surface area (Å²) >= 11 is 0. The summed E-state index contributed by atoms with van der Waals surface area (Å²) in [4.78, 5) is 6.43. The van der Waals surface area contributed by atoms with E-state index >= 15 is 0 Å². The van der Waals surface area contributed by atoms with Crippen LogP contribution >= 0.6 is 0 Å². The van der Waals surface area contributed by atoms with Crippen molar-refractivity contribution in [2.75, 3.05) is 11.4 Å². The van der Waals surface area contributed by atoms with Crippen LogP contribution in [0.3, 0.4) is 0 Å². The molecule has 0 saturated carbocycles. The molecule has 0 aliphatic carbocycles. The zero-order valence-electron chi connectivity index (χ0n) is 10.0. The summed E-state index contributed by atoms with van der Waals surface area (Å²) in [5.41, 5.74) is 7.27. The largest absolute Gasteiger partial charge is 0.362 e. The zero-order chi connectivity index (χ0) is 12.5. The fourth-order valence-electron chi connectivity index (χ4n) is 2.33. The molecule has 0 fully saturated rings. The molecule has 0 amide bonds. The van der Waals surface area contributed by atoms with Gasteiger partial charge >= 0.3 is 0 Å². The molecule has 1 aromatic carbocycles. The lowest BCUT2D eigenvalue weighted by Gasteiger charge is -2.29. The van der Waals surface area contributed by atoms with E-state index < -0.39 is 0 Å². The highest BCUT2D eigenvalue weighted by Gasteiger charge is 2.17. The number of fused-ring (bicyclic) bond motifs is 1. The molecule has 1 aromatic heterocycles. The lowest BCUT2D eigenvalue weighted by atomic mass is 10.1. The van der Waals surface area contributed by atoms with Crippen molar-refractivity contribution in [1.82, 2.24) is 9.55 Å². The number of hydrogen-bond acceptors (Lipinski definition) is 3. The van der Waals surface area contributed by atoms with Gasteiger partial charge in [-0.1, -0.05) is 0 Å². The second-order valence-corrected chi connectivity index (χ2v) is 4.48. The second kappa shape index (κ2) is 4.42. The molecule has 4 nitrogen and oxygen atoms in total. The molecule has 3 rings (SSSR count). The summed E-state index contributed by atoms with van der Waals surface area (Å²) in [7, 11) is 0. The Balaban J connectivity index is 1.90. The van der Waals surface area contributed by atoms with Crippen molar-refractivity contribution in [2.24, 2.45) is 5.73 Å². The summed E-state index contributed by atoms with van der Waals surface area (Å²) in [6, 6.07) is 4.98. The Morgan fingerprint density at radius 2 is 2.17 bits per heavy atom. The van der Waals surface area contributed by atoms with Crippen LogP contribution in [0, 0.1) is 5.82 Å². The van der Waals surface area contributed by atoms with Crippen LogP contribution < -0.4 is 10.6 Å². The number of nitrogens with two attached hydrogens (primary N) is 1. The van der Waals surface area contributed by atoms with E-state index in [1.165, 1.54) is 6.07 Å². The molecule has 18 heavy (non-hydrogen) atoms. The normalized spacial score (nSPS) is 14.7. The van der Waals surface area contributed by atoms with Gasteiger partial charge in [0.05, 0.1) is 6.54 Å². The highest BCUT2D eigenvalue weighted by atomic mass is 19.1. The third-order valence-corrected chi connectivity index (χ3v) is 3.29. The first-order valence-corrected chi connectivity index (χ1v) is 6.01. The average molecular weight is 246 g/mol. The van der Waals surface area contributed by atoms with Gasteiger partial charge in [0.25, 0.3) is 0 Å². The summed E-state index contributed by atoms with van der Waals surface area (Å²) in [6.07, 6.45) is 3.78. The van der Waals surface area contributed by atoms with Crippen LogP contribution in [0.25, 0.3) is 0 Å². The Bertz CT molecular complexity index is 564. The number of benzene rings is 1. The minimum Gasteiger partial charge on any atom is -0.362 e. The number of imidazole rings is 1. The number of rotatable bonds is 2. The first-order valence-electron chi connectivity index (χ1n) is 6.01. The van der Waals surface area contributed by atoms with Crippen LogP contribution in [0.5, 0.6) is 0 Å². The van der Waals surface area contributed by atoms with Gasteiger partial charge in [-0.15, -0.1) is 0 Å². The molecule has 0 bridgehead atoms. The van der Waals surface area contributed by atoms with Gasteiger partial charge in [-0.2, -0.15) is 0 Å². The lowest BCUT2D eigenvalue weighted by Crippen LogP contribution is -2.33. The minimum atomic E-state index is -0.234.